The molecular formula is C23H25N3O5S. The third-order valence-corrected chi connectivity index (χ3v) is 5.53. The molecule has 168 valence electrons. The molecule has 2 heterocycles. The van der Waals surface area contributed by atoms with Crippen molar-refractivity contribution in [1.82, 2.24) is 15.5 Å². The van der Waals surface area contributed by atoms with E-state index < -0.39 is 17.9 Å². The van der Waals surface area contributed by atoms with Crippen LogP contribution in [0.25, 0.3) is 11.1 Å². The lowest BCUT2D eigenvalue weighted by Gasteiger charge is -2.17. The Labute approximate surface area is 190 Å². The highest BCUT2D eigenvalue weighted by Gasteiger charge is 2.24. The molecule has 0 saturated heterocycles. The summed E-state index contributed by atoms with van der Waals surface area (Å²) in [5.41, 5.74) is 3.13. The van der Waals surface area contributed by atoms with Crippen LogP contribution < -0.4 is 10.1 Å². The van der Waals surface area contributed by atoms with E-state index in [0.29, 0.717) is 46.1 Å². The Morgan fingerprint density at radius 1 is 1.28 bits per heavy atom. The van der Waals surface area contributed by atoms with Gasteiger partial charge in [0.2, 0.25) is 0 Å². The van der Waals surface area contributed by atoms with Gasteiger partial charge in [0, 0.05) is 22.9 Å². The number of nitrogens with zero attached hydrogens (tertiary/aromatic N) is 2. The fraction of sp³-hybridized carbons (Fsp3) is 0.304. The summed E-state index contributed by atoms with van der Waals surface area (Å²) in [6.07, 6.45) is 5.51. The van der Waals surface area contributed by atoms with Gasteiger partial charge in [-0.3, -0.25) is 9.78 Å². The van der Waals surface area contributed by atoms with E-state index in [-0.39, 0.29) is 6.61 Å². The lowest BCUT2D eigenvalue weighted by Crippen LogP contribution is -2.41. The maximum atomic E-state index is 13.1. The van der Waals surface area contributed by atoms with Crippen LogP contribution in [0.5, 0.6) is 5.75 Å². The summed E-state index contributed by atoms with van der Waals surface area (Å²) in [7, 11) is 0. The Kier molecular flexibility index (Phi) is 7.88. The number of carbonyl (C=O) groups is 2. The van der Waals surface area contributed by atoms with Crippen molar-refractivity contribution in [3.8, 4) is 16.9 Å². The molecular weight excluding hydrogens is 430 g/mol. The van der Waals surface area contributed by atoms with Crippen molar-refractivity contribution in [3.05, 3.63) is 65.3 Å². The van der Waals surface area contributed by atoms with Gasteiger partial charge in [-0.25, -0.2) is 4.79 Å². The van der Waals surface area contributed by atoms with Crippen molar-refractivity contribution in [1.29, 1.82) is 0 Å². The smallest absolute Gasteiger partial charge is 0.326 e. The number of carboxylic acids is 1. The zero-order valence-electron chi connectivity index (χ0n) is 18.1. The Bertz CT molecular complexity index is 1060. The second-order valence-electron chi connectivity index (χ2n) is 7.20. The molecule has 2 N–H and O–H groups in total. The van der Waals surface area contributed by atoms with E-state index in [1.165, 1.54) is 11.8 Å². The fourth-order valence-corrected chi connectivity index (χ4v) is 3.75. The number of aliphatic carboxylic acids is 1. The number of hydrogen-bond acceptors (Lipinski definition) is 7. The SMILES string of the molecule is CSCC[C@H](NC(=O)c1ccc(COc2cccnc2)cc1-c1c(C)noc1C)C(=O)O. The van der Waals surface area contributed by atoms with Gasteiger partial charge in [-0.2, -0.15) is 11.8 Å². The summed E-state index contributed by atoms with van der Waals surface area (Å²) in [4.78, 5) is 28.7. The minimum absolute atomic E-state index is 0.273. The molecule has 3 rings (SSSR count). The third kappa shape index (κ3) is 5.67. The van der Waals surface area contributed by atoms with E-state index in [1.807, 2.05) is 18.4 Å². The van der Waals surface area contributed by atoms with Crippen LogP contribution in [0.2, 0.25) is 0 Å². The van der Waals surface area contributed by atoms with E-state index in [0.717, 1.165) is 5.56 Å². The predicted octanol–water partition coefficient (Wildman–Crippen LogP) is 3.87. The maximum Gasteiger partial charge on any atom is 0.326 e. The number of benzene rings is 1. The highest BCUT2D eigenvalue weighted by atomic mass is 32.2. The van der Waals surface area contributed by atoms with E-state index >= 15 is 0 Å². The summed E-state index contributed by atoms with van der Waals surface area (Å²) in [6.45, 7) is 3.84. The van der Waals surface area contributed by atoms with Crippen LogP contribution in [0.1, 0.15) is 33.8 Å². The number of ether oxygens (including phenoxy) is 1. The van der Waals surface area contributed by atoms with Gasteiger partial charge in [0.1, 0.15) is 24.2 Å². The van der Waals surface area contributed by atoms with Gasteiger partial charge in [0.05, 0.1) is 11.9 Å². The molecule has 0 aliphatic heterocycles. The average molecular weight is 456 g/mol. The number of carboxylic acid groups (broad SMARTS) is 1. The molecule has 0 spiro atoms. The molecule has 1 amide bonds. The van der Waals surface area contributed by atoms with E-state index in [1.54, 1.807) is 44.4 Å². The lowest BCUT2D eigenvalue weighted by atomic mass is 9.95. The summed E-state index contributed by atoms with van der Waals surface area (Å²) in [5.74, 6) is 0.296. The number of nitrogens with one attached hydrogen (secondary N) is 1. The van der Waals surface area contributed by atoms with Crippen LogP contribution in [0.4, 0.5) is 0 Å². The first-order chi connectivity index (χ1) is 15.4. The van der Waals surface area contributed by atoms with Gasteiger partial charge in [-0.1, -0.05) is 11.2 Å². The molecule has 0 saturated carbocycles. The molecule has 1 atom stereocenters. The molecule has 0 unspecified atom stereocenters. The summed E-state index contributed by atoms with van der Waals surface area (Å²) < 4.78 is 11.1. The largest absolute Gasteiger partial charge is 0.487 e. The van der Waals surface area contributed by atoms with Crippen LogP contribution in [0, 0.1) is 13.8 Å². The topological polar surface area (TPSA) is 115 Å². The van der Waals surface area contributed by atoms with Crippen LogP contribution in [0.3, 0.4) is 0 Å². The Hall–Kier alpha value is -3.33. The Morgan fingerprint density at radius 2 is 2.09 bits per heavy atom. The van der Waals surface area contributed by atoms with E-state index in [4.69, 9.17) is 9.26 Å². The second-order valence-corrected chi connectivity index (χ2v) is 8.19. The average Bonchev–Trinajstić information content (AvgIpc) is 3.13. The quantitative estimate of drug-likeness (QED) is 0.473. The van der Waals surface area contributed by atoms with Crippen molar-refractivity contribution in [2.45, 2.75) is 32.9 Å². The van der Waals surface area contributed by atoms with Crippen molar-refractivity contribution < 1.29 is 24.0 Å². The minimum atomic E-state index is -1.06. The second kappa shape index (κ2) is 10.8. The van der Waals surface area contributed by atoms with E-state index in [9.17, 15) is 14.7 Å². The monoisotopic (exact) mass is 455 g/mol. The Morgan fingerprint density at radius 3 is 2.72 bits per heavy atom. The van der Waals surface area contributed by atoms with Gasteiger partial charge < -0.3 is 19.7 Å². The molecule has 1 aromatic carbocycles. The molecule has 32 heavy (non-hydrogen) atoms. The van der Waals surface area contributed by atoms with Crippen molar-refractivity contribution in [2.75, 3.05) is 12.0 Å². The van der Waals surface area contributed by atoms with Gasteiger partial charge in [-0.05, 0) is 62.1 Å². The highest BCUT2D eigenvalue weighted by molar-refractivity contribution is 7.98. The fourth-order valence-electron chi connectivity index (χ4n) is 3.28. The number of rotatable bonds is 10. The Balaban J connectivity index is 1.92. The number of thioether (sulfide) groups is 1. The summed E-state index contributed by atoms with van der Waals surface area (Å²) >= 11 is 1.53. The maximum absolute atomic E-state index is 13.1. The zero-order chi connectivity index (χ0) is 23.1. The van der Waals surface area contributed by atoms with Crippen LogP contribution >= 0.6 is 11.8 Å². The predicted molar refractivity (Wildman–Crippen MR) is 122 cm³/mol. The number of aryl methyl sites for hydroxylation is 2. The van der Waals surface area contributed by atoms with Gasteiger partial charge in [0.15, 0.2) is 0 Å². The molecule has 0 aliphatic rings. The number of carbonyl (C=O) groups excluding carboxylic acids is 1. The van der Waals surface area contributed by atoms with Crippen LogP contribution in [-0.2, 0) is 11.4 Å². The molecule has 8 nitrogen and oxygen atoms in total. The molecule has 0 fully saturated rings. The normalized spacial score (nSPS) is 11.7. The molecule has 3 aromatic rings. The van der Waals surface area contributed by atoms with E-state index in [2.05, 4.69) is 15.5 Å². The van der Waals surface area contributed by atoms with Crippen LogP contribution in [0.15, 0.2) is 47.2 Å². The molecule has 0 aliphatic carbocycles. The first kappa shape index (κ1) is 23.3. The van der Waals surface area contributed by atoms with Crippen molar-refractivity contribution in [2.24, 2.45) is 0 Å². The van der Waals surface area contributed by atoms with Crippen LogP contribution in [-0.4, -0.2) is 45.2 Å². The standard InChI is InChI=1S/C23H25N3O5S/c1-14-21(15(2)31-26-14)19-11-16(13-30-17-5-4-9-24-12-17)6-7-18(19)22(27)25-20(23(28)29)8-10-32-3/h4-7,9,11-12,20H,8,10,13H2,1-3H3,(H,25,27)(H,28,29)/t20-/m0/s1. The first-order valence-electron chi connectivity index (χ1n) is 10.0. The summed E-state index contributed by atoms with van der Waals surface area (Å²) in [6, 6.07) is 7.92. The van der Waals surface area contributed by atoms with Gasteiger partial charge >= 0.3 is 5.97 Å². The van der Waals surface area contributed by atoms with Crippen molar-refractivity contribution in [3.63, 3.8) is 0 Å². The molecule has 0 bridgehead atoms. The molecule has 2 aromatic heterocycles. The zero-order valence-corrected chi connectivity index (χ0v) is 18.9. The number of amides is 1. The number of aromatic nitrogens is 2. The van der Waals surface area contributed by atoms with Gasteiger partial charge in [-0.15, -0.1) is 0 Å². The van der Waals surface area contributed by atoms with Gasteiger partial charge in [0.25, 0.3) is 5.91 Å². The first-order valence-corrected chi connectivity index (χ1v) is 11.4. The lowest BCUT2D eigenvalue weighted by molar-refractivity contribution is -0.139. The third-order valence-electron chi connectivity index (χ3n) is 4.89. The summed E-state index contributed by atoms with van der Waals surface area (Å²) in [5, 5.41) is 16.1. The number of hydrogen-bond donors (Lipinski definition) is 2. The molecule has 0 radical (unpaired) electrons. The highest BCUT2D eigenvalue weighted by Crippen LogP contribution is 2.31. The molecule has 9 heteroatoms. The van der Waals surface area contributed by atoms with Crippen molar-refractivity contribution >= 4 is 23.6 Å². The number of pyridine rings is 1. The minimum Gasteiger partial charge on any atom is -0.487 e.